The first-order valence-corrected chi connectivity index (χ1v) is 13.3. The molecule has 1 saturated heterocycles. The van der Waals surface area contributed by atoms with Crippen LogP contribution in [0.2, 0.25) is 0 Å². The molecule has 0 aliphatic carbocycles. The van der Waals surface area contributed by atoms with Crippen molar-refractivity contribution in [2.45, 2.75) is 64.4 Å². The van der Waals surface area contributed by atoms with E-state index in [4.69, 9.17) is 28.6 Å². The van der Waals surface area contributed by atoms with Gasteiger partial charge in [-0.05, 0) is 18.9 Å². The van der Waals surface area contributed by atoms with Crippen molar-refractivity contribution in [2.24, 2.45) is 0 Å². The monoisotopic (exact) mass is 499 g/mol. The maximum atomic E-state index is 12.3. The summed E-state index contributed by atoms with van der Waals surface area (Å²) in [5, 5.41) is 0. The molecule has 32 heavy (non-hydrogen) atoms. The molecule has 0 aromatic carbocycles. The number of ether oxygens (including phenoxy) is 1. The third kappa shape index (κ3) is 8.66. The highest BCUT2D eigenvalue weighted by atomic mass is 31.2. The van der Waals surface area contributed by atoms with E-state index in [1.807, 2.05) is 13.8 Å². The Hall–Kier alpha value is -1.14. The van der Waals surface area contributed by atoms with Crippen LogP contribution in [0.15, 0.2) is 17.1 Å². The van der Waals surface area contributed by atoms with Crippen molar-refractivity contribution in [3.8, 4) is 0 Å². The van der Waals surface area contributed by atoms with Gasteiger partial charge in [0.25, 0.3) is 0 Å². The van der Waals surface area contributed by atoms with Gasteiger partial charge >= 0.3 is 21.3 Å². The molecule has 0 amide bonds. The summed E-state index contributed by atoms with van der Waals surface area (Å²) >= 11 is 0. The van der Waals surface area contributed by atoms with E-state index in [-0.39, 0.29) is 25.5 Å². The summed E-state index contributed by atoms with van der Waals surface area (Å²) < 4.78 is 51.3. The number of nitrogens with zero attached hydrogens (tertiary/aromatic N) is 2. The summed E-state index contributed by atoms with van der Waals surface area (Å²) in [7, 11) is -8.83. The van der Waals surface area contributed by atoms with Crippen LogP contribution in [0, 0.1) is 0 Å². The van der Waals surface area contributed by atoms with Gasteiger partial charge in [0.1, 0.15) is 24.3 Å². The van der Waals surface area contributed by atoms with Gasteiger partial charge in [-0.2, -0.15) is 4.98 Å². The zero-order valence-electron chi connectivity index (χ0n) is 18.1. The Kier molecular flexibility index (Phi) is 10.5. The van der Waals surface area contributed by atoms with Crippen molar-refractivity contribution in [1.82, 2.24) is 9.55 Å². The fraction of sp³-hybridized carbons (Fsp3) is 0.765. The van der Waals surface area contributed by atoms with E-state index >= 15 is 0 Å². The van der Waals surface area contributed by atoms with Gasteiger partial charge in [-0.25, -0.2) is 13.9 Å². The SMILES string of the molecule is CCCCOP(=O)(O)OC[C@@H]1O[C@@H](n2ccc(N)nc2=O)CC1OP(=O)(O)OCCCC. The third-order valence-electron chi connectivity index (χ3n) is 4.52. The minimum atomic E-state index is -4.45. The predicted octanol–water partition coefficient (Wildman–Crippen LogP) is 2.35. The number of nitrogen functional groups attached to an aromatic ring is 1. The Labute approximate surface area is 186 Å². The van der Waals surface area contributed by atoms with Crippen molar-refractivity contribution in [1.29, 1.82) is 0 Å². The summed E-state index contributed by atoms with van der Waals surface area (Å²) in [6.45, 7) is 3.34. The van der Waals surface area contributed by atoms with E-state index in [0.717, 1.165) is 17.4 Å². The van der Waals surface area contributed by atoms with Crippen LogP contribution in [0.3, 0.4) is 0 Å². The van der Waals surface area contributed by atoms with Gasteiger partial charge in [0.2, 0.25) is 0 Å². The van der Waals surface area contributed by atoms with Gasteiger partial charge in [-0.1, -0.05) is 26.7 Å². The second-order valence-corrected chi connectivity index (χ2v) is 10.0. The van der Waals surface area contributed by atoms with E-state index in [1.165, 1.54) is 12.3 Å². The topological polar surface area (TPSA) is 182 Å². The lowest BCUT2D eigenvalue weighted by molar-refractivity contribution is -0.0468. The first-order valence-electron chi connectivity index (χ1n) is 10.3. The van der Waals surface area contributed by atoms with Crippen LogP contribution in [0.25, 0.3) is 0 Å². The van der Waals surface area contributed by atoms with Crippen molar-refractivity contribution < 1.29 is 41.7 Å². The lowest BCUT2D eigenvalue weighted by Crippen LogP contribution is -2.29. The second-order valence-electron chi connectivity index (χ2n) is 7.16. The molecule has 1 aliphatic rings. The van der Waals surface area contributed by atoms with Gasteiger partial charge in [-0.3, -0.25) is 22.7 Å². The molecule has 1 fully saturated rings. The molecule has 2 heterocycles. The van der Waals surface area contributed by atoms with Crippen LogP contribution in [-0.2, 0) is 32.0 Å². The molecule has 5 atom stereocenters. The van der Waals surface area contributed by atoms with Crippen LogP contribution in [0.5, 0.6) is 0 Å². The van der Waals surface area contributed by atoms with Crippen LogP contribution in [0.1, 0.15) is 52.2 Å². The van der Waals surface area contributed by atoms with Gasteiger partial charge in [-0.15, -0.1) is 0 Å². The van der Waals surface area contributed by atoms with Gasteiger partial charge < -0.3 is 20.3 Å². The van der Waals surface area contributed by atoms with Crippen molar-refractivity contribution in [3.05, 3.63) is 22.7 Å². The Balaban J connectivity index is 2.12. The highest BCUT2D eigenvalue weighted by Crippen LogP contribution is 2.49. The molecular formula is C17H31N3O10P2. The molecule has 0 saturated carbocycles. The fourth-order valence-electron chi connectivity index (χ4n) is 2.83. The summed E-state index contributed by atoms with van der Waals surface area (Å²) in [5.74, 6) is 0.0200. The predicted molar refractivity (Wildman–Crippen MR) is 114 cm³/mol. The number of aromatic nitrogens is 2. The maximum Gasteiger partial charge on any atom is 0.472 e. The van der Waals surface area contributed by atoms with Crippen molar-refractivity contribution >= 4 is 21.5 Å². The van der Waals surface area contributed by atoms with Crippen LogP contribution >= 0.6 is 15.6 Å². The van der Waals surface area contributed by atoms with Crippen LogP contribution < -0.4 is 11.4 Å². The molecular weight excluding hydrogens is 468 g/mol. The lowest BCUT2D eigenvalue weighted by Gasteiger charge is -2.22. The zero-order valence-corrected chi connectivity index (χ0v) is 19.9. The number of anilines is 1. The Morgan fingerprint density at radius 2 is 1.78 bits per heavy atom. The molecule has 0 bridgehead atoms. The van der Waals surface area contributed by atoms with E-state index < -0.39 is 46.4 Å². The van der Waals surface area contributed by atoms with Crippen LogP contribution in [-0.4, -0.2) is 51.4 Å². The van der Waals surface area contributed by atoms with Gasteiger partial charge in [0, 0.05) is 12.6 Å². The molecule has 3 unspecified atom stereocenters. The molecule has 0 spiro atoms. The molecule has 1 aliphatic heterocycles. The zero-order chi connectivity index (χ0) is 23.8. The lowest BCUT2D eigenvalue weighted by atomic mass is 10.2. The van der Waals surface area contributed by atoms with Crippen molar-refractivity contribution in [2.75, 3.05) is 25.6 Å². The fourth-order valence-corrected chi connectivity index (χ4v) is 4.59. The second kappa shape index (κ2) is 12.4. The van der Waals surface area contributed by atoms with E-state index in [1.54, 1.807) is 0 Å². The number of phosphoric acid groups is 2. The quantitative estimate of drug-likeness (QED) is 0.251. The molecule has 13 nitrogen and oxygen atoms in total. The summed E-state index contributed by atoms with van der Waals surface area (Å²) in [6, 6.07) is 1.39. The van der Waals surface area contributed by atoms with E-state index in [2.05, 4.69) is 4.98 Å². The Morgan fingerprint density at radius 3 is 2.38 bits per heavy atom. The first kappa shape index (κ1) is 27.1. The average molecular weight is 499 g/mol. The minimum absolute atomic E-state index is 0.0148. The van der Waals surface area contributed by atoms with Crippen molar-refractivity contribution in [3.63, 3.8) is 0 Å². The van der Waals surface area contributed by atoms with Gasteiger partial charge in [0.15, 0.2) is 0 Å². The maximum absolute atomic E-state index is 12.3. The minimum Gasteiger partial charge on any atom is -0.383 e. The summed E-state index contributed by atoms with van der Waals surface area (Å²) in [4.78, 5) is 35.6. The van der Waals surface area contributed by atoms with E-state index in [0.29, 0.717) is 12.8 Å². The molecule has 15 heteroatoms. The largest absolute Gasteiger partial charge is 0.472 e. The number of hydrogen-bond donors (Lipinski definition) is 3. The Bertz CT molecular complexity index is 882. The molecule has 184 valence electrons. The highest BCUT2D eigenvalue weighted by Gasteiger charge is 2.43. The van der Waals surface area contributed by atoms with Crippen LogP contribution in [0.4, 0.5) is 5.82 Å². The number of phosphoric ester groups is 2. The third-order valence-corrected chi connectivity index (χ3v) is 6.55. The van der Waals surface area contributed by atoms with Gasteiger partial charge in [0.05, 0.1) is 19.8 Å². The summed E-state index contributed by atoms with van der Waals surface area (Å²) in [5.41, 5.74) is 4.80. The average Bonchev–Trinajstić information content (AvgIpc) is 3.08. The number of nitrogens with two attached hydrogens (primary N) is 1. The first-order chi connectivity index (χ1) is 15.1. The van der Waals surface area contributed by atoms with E-state index in [9.17, 15) is 23.7 Å². The molecule has 2 rings (SSSR count). The molecule has 1 aromatic rings. The molecule has 4 N–H and O–H groups in total. The standard InChI is InChI=1S/C17H31N3O10P2/c1-3-5-9-26-31(22,23)28-12-14-13(30-32(24,25)27-10-6-4-2)11-16(29-14)20-8-7-15(18)19-17(20)21/h7-8,13-14,16H,3-6,9-12H2,1-2H3,(H,22,23)(H,24,25)(H2,18,19,21)/t13?,14-,16+/m0/s1. The summed E-state index contributed by atoms with van der Waals surface area (Å²) in [6.07, 6.45) is 0.845. The highest BCUT2D eigenvalue weighted by molar-refractivity contribution is 7.47. The number of unbranched alkanes of at least 4 members (excludes halogenated alkanes) is 2. The molecule has 1 aromatic heterocycles. The normalized spacial score (nSPS) is 24.8. The smallest absolute Gasteiger partial charge is 0.383 e. The number of hydrogen-bond acceptors (Lipinski definition) is 10. The number of rotatable bonds is 14. The Morgan fingerprint density at radius 1 is 1.16 bits per heavy atom. The molecule has 0 radical (unpaired) electrons.